The SMILES string of the molecule is CCC/C=C\CC=CCC=CCC=CCC=CCCCCC. The summed E-state index contributed by atoms with van der Waals surface area (Å²) in [5, 5.41) is 0. The minimum absolute atomic E-state index is 1.05. The number of rotatable bonds is 14. The van der Waals surface area contributed by atoms with Crippen LogP contribution in [-0.4, -0.2) is 0 Å². The molecule has 124 valence electrons. The van der Waals surface area contributed by atoms with Crippen molar-refractivity contribution in [2.45, 2.75) is 78.1 Å². The molecule has 0 aromatic carbocycles. The van der Waals surface area contributed by atoms with E-state index in [4.69, 9.17) is 0 Å². The molecule has 0 aliphatic carbocycles. The standard InChI is InChI=1S/C22H36/c1-3-5-7-9-11-13-15-17-19-21-22-20-18-16-14-12-10-8-6-4-2/h7,9,12-15,18-21H,3-6,8,10-11,16-17,22H2,1-2H3/b9-7-,14-12?,15-13?,20-18?,21-19?. The van der Waals surface area contributed by atoms with Crippen molar-refractivity contribution in [1.82, 2.24) is 0 Å². The highest BCUT2D eigenvalue weighted by atomic mass is 13.9. The van der Waals surface area contributed by atoms with E-state index >= 15 is 0 Å². The predicted molar refractivity (Wildman–Crippen MR) is 103 cm³/mol. The first kappa shape index (κ1) is 20.7. The van der Waals surface area contributed by atoms with Crippen LogP contribution in [0.2, 0.25) is 0 Å². The van der Waals surface area contributed by atoms with Crippen molar-refractivity contribution in [3.05, 3.63) is 60.8 Å². The number of hydrogen-bond acceptors (Lipinski definition) is 0. The summed E-state index contributed by atoms with van der Waals surface area (Å²) >= 11 is 0. The van der Waals surface area contributed by atoms with E-state index in [9.17, 15) is 0 Å². The zero-order valence-corrected chi connectivity index (χ0v) is 14.8. The second-order valence-electron chi connectivity index (χ2n) is 5.58. The summed E-state index contributed by atoms with van der Waals surface area (Å²) < 4.78 is 0. The van der Waals surface area contributed by atoms with Crippen molar-refractivity contribution in [3.63, 3.8) is 0 Å². The molecule has 0 atom stereocenters. The summed E-state index contributed by atoms with van der Waals surface area (Å²) in [5.74, 6) is 0. The first-order valence-electron chi connectivity index (χ1n) is 9.16. The van der Waals surface area contributed by atoms with Gasteiger partial charge in [0, 0.05) is 0 Å². The molecule has 0 heterocycles. The van der Waals surface area contributed by atoms with Crippen molar-refractivity contribution in [1.29, 1.82) is 0 Å². The predicted octanol–water partition coefficient (Wildman–Crippen LogP) is 7.71. The third-order valence-corrected chi connectivity index (χ3v) is 3.35. The van der Waals surface area contributed by atoms with Crippen molar-refractivity contribution in [2.75, 3.05) is 0 Å². The normalized spacial score (nSPS) is 13.0. The summed E-state index contributed by atoms with van der Waals surface area (Å²) in [6.45, 7) is 4.46. The molecule has 0 heteroatoms. The molecule has 0 aromatic heterocycles. The molecule has 0 aromatic rings. The lowest BCUT2D eigenvalue weighted by Gasteiger charge is -1.90. The third kappa shape index (κ3) is 18.7. The summed E-state index contributed by atoms with van der Waals surface area (Å²) in [6.07, 6.45) is 34.5. The Bertz CT molecular complexity index is 339. The Morgan fingerprint density at radius 3 is 1.23 bits per heavy atom. The Balaban J connectivity index is 3.42. The number of hydrogen-bond donors (Lipinski definition) is 0. The third-order valence-electron chi connectivity index (χ3n) is 3.35. The maximum Gasteiger partial charge on any atom is -0.0169 e. The smallest absolute Gasteiger partial charge is 0.0169 e. The average Bonchev–Trinajstić information content (AvgIpc) is 2.54. The van der Waals surface area contributed by atoms with Gasteiger partial charge in [0.2, 0.25) is 0 Å². The van der Waals surface area contributed by atoms with Crippen LogP contribution in [0.3, 0.4) is 0 Å². The van der Waals surface area contributed by atoms with Crippen LogP contribution < -0.4 is 0 Å². The molecule has 0 aliphatic heterocycles. The Morgan fingerprint density at radius 1 is 0.409 bits per heavy atom. The molecule has 0 radical (unpaired) electrons. The fraction of sp³-hybridized carbons (Fsp3) is 0.545. The van der Waals surface area contributed by atoms with Gasteiger partial charge in [0.25, 0.3) is 0 Å². The molecule has 0 aliphatic rings. The zero-order chi connectivity index (χ0) is 16.1. The Morgan fingerprint density at radius 2 is 0.818 bits per heavy atom. The largest absolute Gasteiger partial charge is 0.0882 e. The summed E-state index contributed by atoms with van der Waals surface area (Å²) in [4.78, 5) is 0. The Labute approximate surface area is 139 Å². The molecular weight excluding hydrogens is 264 g/mol. The van der Waals surface area contributed by atoms with Gasteiger partial charge in [-0.3, -0.25) is 0 Å². The zero-order valence-electron chi connectivity index (χ0n) is 14.8. The highest BCUT2D eigenvalue weighted by Gasteiger charge is 1.80. The number of unbranched alkanes of at least 4 members (excludes halogenated alkanes) is 4. The molecule has 0 saturated heterocycles. The summed E-state index contributed by atoms with van der Waals surface area (Å²) in [5.41, 5.74) is 0. The van der Waals surface area contributed by atoms with E-state index in [1.54, 1.807) is 0 Å². The van der Waals surface area contributed by atoms with Crippen LogP contribution in [0.1, 0.15) is 78.1 Å². The molecule has 0 bridgehead atoms. The average molecular weight is 301 g/mol. The molecule has 0 nitrogen and oxygen atoms in total. The summed E-state index contributed by atoms with van der Waals surface area (Å²) in [7, 11) is 0. The molecule has 0 fully saturated rings. The van der Waals surface area contributed by atoms with Gasteiger partial charge in [0.05, 0.1) is 0 Å². The topological polar surface area (TPSA) is 0 Å². The van der Waals surface area contributed by atoms with Crippen LogP contribution in [0.25, 0.3) is 0 Å². The molecule has 0 amide bonds. The highest BCUT2D eigenvalue weighted by Crippen LogP contribution is 2.01. The van der Waals surface area contributed by atoms with Gasteiger partial charge in [-0.2, -0.15) is 0 Å². The van der Waals surface area contributed by atoms with Gasteiger partial charge >= 0.3 is 0 Å². The van der Waals surface area contributed by atoms with Crippen LogP contribution in [0, 0.1) is 0 Å². The van der Waals surface area contributed by atoms with E-state index in [0.29, 0.717) is 0 Å². The Kier molecular flexibility index (Phi) is 18.5. The lowest BCUT2D eigenvalue weighted by Crippen LogP contribution is -1.70. The van der Waals surface area contributed by atoms with Crippen molar-refractivity contribution in [2.24, 2.45) is 0 Å². The maximum absolute atomic E-state index is 2.32. The van der Waals surface area contributed by atoms with Crippen LogP contribution in [0.15, 0.2) is 60.8 Å². The van der Waals surface area contributed by atoms with E-state index in [0.717, 1.165) is 25.7 Å². The molecule has 0 unspecified atom stereocenters. The lowest BCUT2D eigenvalue weighted by atomic mass is 10.2. The van der Waals surface area contributed by atoms with E-state index in [1.165, 1.54) is 38.5 Å². The van der Waals surface area contributed by atoms with E-state index in [1.807, 2.05) is 0 Å². The number of allylic oxidation sites excluding steroid dienone is 10. The second-order valence-corrected chi connectivity index (χ2v) is 5.58. The van der Waals surface area contributed by atoms with Gasteiger partial charge < -0.3 is 0 Å². The molecule has 0 spiro atoms. The first-order valence-corrected chi connectivity index (χ1v) is 9.16. The van der Waals surface area contributed by atoms with Gasteiger partial charge in [0.1, 0.15) is 0 Å². The van der Waals surface area contributed by atoms with Gasteiger partial charge in [-0.15, -0.1) is 0 Å². The maximum atomic E-state index is 2.32. The van der Waals surface area contributed by atoms with Crippen LogP contribution in [0.4, 0.5) is 0 Å². The fourth-order valence-electron chi connectivity index (χ4n) is 2.00. The Hall–Kier alpha value is -1.30. The molecule has 0 N–H and O–H groups in total. The van der Waals surface area contributed by atoms with Crippen molar-refractivity contribution >= 4 is 0 Å². The summed E-state index contributed by atoms with van der Waals surface area (Å²) in [6, 6.07) is 0. The minimum atomic E-state index is 1.05. The minimum Gasteiger partial charge on any atom is -0.0882 e. The molecule has 0 rings (SSSR count). The van der Waals surface area contributed by atoms with Gasteiger partial charge in [-0.25, -0.2) is 0 Å². The van der Waals surface area contributed by atoms with E-state index in [-0.39, 0.29) is 0 Å². The van der Waals surface area contributed by atoms with Gasteiger partial charge in [-0.1, -0.05) is 93.9 Å². The van der Waals surface area contributed by atoms with Crippen LogP contribution in [0.5, 0.6) is 0 Å². The first-order chi connectivity index (χ1) is 10.9. The van der Waals surface area contributed by atoms with Gasteiger partial charge in [0.15, 0.2) is 0 Å². The van der Waals surface area contributed by atoms with E-state index < -0.39 is 0 Å². The van der Waals surface area contributed by atoms with Gasteiger partial charge in [-0.05, 0) is 44.9 Å². The van der Waals surface area contributed by atoms with Crippen molar-refractivity contribution < 1.29 is 0 Å². The van der Waals surface area contributed by atoms with E-state index in [2.05, 4.69) is 74.6 Å². The van der Waals surface area contributed by atoms with Crippen molar-refractivity contribution in [3.8, 4) is 0 Å². The van der Waals surface area contributed by atoms with Crippen LogP contribution in [-0.2, 0) is 0 Å². The lowest BCUT2D eigenvalue weighted by molar-refractivity contribution is 0.728. The fourth-order valence-corrected chi connectivity index (χ4v) is 2.00. The quantitative estimate of drug-likeness (QED) is 0.227. The van der Waals surface area contributed by atoms with Crippen LogP contribution >= 0.6 is 0 Å². The molecular formula is C22H36. The molecule has 22 heavy (non-hydrogen) atoms. The molecule has 0 saturated carbocycles. The monoisotopic (exact) mass is 300 g/mol. The second kappa shape index (κ2) is 19.7. The highest BCUT2D eigenvalue weighted by molar-refractivity contribution is 5.00.